The molecule has 0 aromatic heterocycles. The molecule has 86 valence electrons. The first-order chi connectivity index (χ1) is 6.05. The van der Waals surface area contributed by atoms with E-state index in [1.807, 2.05) is 0 Å². The topological polar surface area (TPSA) is 0 Å². The van der Waals surface area contributed by atoms with Crippen molar-refractivity contribution in [1.29, 1.82) is 0 Å². The maximum Gasteiger partial charge on any atom is 0 e. The summed E-state index contributed by atoms with van der Waals surface area (Å²) < 4.78 is 0. The third-order valence-corrected chi connectivity index (χ3v) is 5.53. The Balaban J connectivity index is 0.00000196. The van der Waals surface area contributed by atoms with Crippen LogP contribution in [0, 0.1) is 53.3 Å². The summed E-state index contributed by atoms with van der Waals surface area (Å²) in [6.45, 7) is 18.8. The molecule has 0 nitrogen and oxygen atoms in total. The predicted molar refractivity (Wildman–Crippen MR) is 64.0 cm³/mol. The largest absolute Gasteiger partial charge is 0.225 e. The molecule has 0 amide bonds. The van der Waals surface area contributed by atoms with Gasteiger partial charge in [0.25, 0.3) is 0 Å². The molecule has 0 fully saturated rings. The summed E-state index contributed by atoms with van der Waals surface area (Å²) in [5.41, 5.74) is 2.40. The summed E-state index contributed by atoms with van der Waals surface area (Å²) in [6.07, 6.45) is 2.38. The van der Waals surface area contributed by atoms with Gasteiger partial charge in [-0.1, -0.05) is 52.4 Å². The molecule has 0 heterocycles. The molecule has 15 heavy (non-hydrogen) atoms. The summed E-state index contributed by atoms with van der Waals surface area (Å²) >= 11 is 0. The van der Waals surface area contributed by atoms with Gasteiger partial charge in [-0.25, -0.2) is 17.6 Å². The zero-order valence-corrected chi connectivity index (χ0v) is 15.7. The van der Waals surface area contributed by atoms with Gasteiger partial charge in [0.2, 0.25) is 0 Å². The fourth-order valence-electron chi connectivity index (χ4n) is 2.45. The third-order valence-electron chi connectivity index (χ3n) is 5.53. The number of hydrogen-bond acceptors (Lipinski definition) is 0. The molecule has 0 saturated carbocycles. The van der Waals surface area contributed by atoms with E-state index in [4.69, 9.17) is 0 Å². The smallest absolute Gasteiger partial charge is 0 e. The van der Waals surface area contributed by atoms with Gasteiger partial charge in [0, 0.05) is 31.1 Å². The minimum atomic E-state index is 0. The fourth-order valence-corrected chi connectivity index (χ4v) is 2.45. The molecule has 0 bridgehead atoms. The van der Waals surface area contributed by atoms with Crippen molar-refractivity contribution in [3.63, 3.8) is 0 Å². The van der Waals surface area contributed by atoms with Crippen LogP contribution in [0.1, 0.15) is 55.4 Å². The second-order valence-corrected chi connectivity index (χ2v) is 6.39. The van der Waals surface area contributed by atoms with Crippen molar-refractivity contribution < 1.29 is 31.1 Å². The van der Waals surface area contributed by atoms with Crippen LogP contribution in [0.4, 0.5) is 0 Å². The summed E-state index contributed by atoms with van der Waals surface area (Å²) in [5.74, 6) is 1.51. The van der Waals surface area contributed by atoms with E-state index < -0.39 is 0 Å². The molecule has 0 N–H and O–H groups in total. The van der Waals surface area contributed by atoms with E-state index in [1.165, 1.54) is 11.5 Å². The van der Waals surface area contributed by atoms with E-state index in [0.29, 0.717) is 5.41 Å². The van der Waals surface area contributed by atoms with Crippen molar-refractivity contribution in [3.05, 3.63) is 17.6 Å². The van der Waals surface area contributed by atoms with Gasteiger partial charge in [0.05, 0.1) is 0 Å². The molecule has 0 radical (unpaired) electrons. The van der Waals surface area contributed by atoms with Gasteiger partial charge >= 0.3 is 0 Å². The van der Waals surface area contributed by atoms with E-state index in [0.717, 1.165) is 0 Å². The summed E-state index contributed by atoms with van der Waals surface area (Å²) in [4.78, 5) is 0. The number of hydrogen-bond donors (Lipinski definition) is 0. The van der Waals surface area contributed by atoms with Crippen LogP contribution in [0.3, 0.4) is 0 Å². The normalized spacial score (nSPS) is 26.7. The summed E-state index contributed by atoms with van der Waals surface area (Å²) in [7, 11) is 0. The van der Waals surface area contributed by atoms with Crippen molar-refractivity contribution >= 4 is 0 Å². The Bertz CT molecular complexity index is 269. The first-order valence-corrected chi connectivity index (χ1v) is 5.58. The average Bonchev–Trinajstić information content (AvgIpc) is 2.01. The Morgan fingerprint density at radius 3 is 1.80 bits per heavy atom. The molecule has 0 aromatic carbocycles. The molecule has 0 unspecified atom stereocenters. The molecule has 0 spiro atoms. The van der Waals surface area contributed by atoms with Crippen LogP contribution in [0.5, 0.6) is 0 Å². The van der Waals surface area contributed by atoms with Crippen molar-refractivity contribution in [1.82, 2.24) is 0 Å². The number of rotatable bonds is 0. The van der Waals surface area contributed by atoms with Crippen molar-refractivity contribution in [2.45, 2.75) is 55.4 Å². The minimum Gasteiger partial charge on any atom is -0.225 e. The summed E-state index contributed by atoms with van der Waals surface area (Å²) in [6, 6.07) is 0. The second-order valence-electron chi connectivity index (χ2n) is 6.39. The minimum absolute atomic E-state index is 0. The van der Waals surface area contributed by atoms with E-state index in [9.17, 15) is 0 Å². The van der Waals surface area contributed by atoms with Crippen LogP contribution in [-0.2, 0) is 0 Å². The Morgan fingerprint density at radius 1 is 1.00 bits per heavy atom. The van der Waals surface area contributed by atoms with Gasteiger partial charge in [-0.3, -0.25) is 0 Å². The van der Waals surface area contributed by atoms with Crippen molar-refractivity contribution in [3.8, 4) is 0 Å². The predicted octanol–water partition coefficient (Wildman–Crippen LogP) is 4.62. The summed E-state index contributed by atoms with van der Waals surface area (Å²) in [5, 5.41) is 0. The van der Waals surface area contributed by atoms with Crippen LogP contribution in [0.25, 0.3) is 0 Å². The Hall–Kier alpha value is 0.662. The molecular weight excluding hydrogens is 406 g/mol. The molecule has 0 aliphatic heterocycles. The van der Waals surface area contributed by atoms with Gasteiger partial charge in [-0.2, -0.15) is 0 Å². The third kappa shape index (κ3) is 1.96. The van der Waals surface area contributed by atoms with Crippen molar-refractivity contribution in [2.75, 3.05) is 0 Å². The van der Waals surface area contributed by atoms with E-state index in [-0.39, 0.29) is 41.9 Å². The average molecular weight is 431 g/mol. The second kappa shape index (κ2) is 4.16. The molecule has 1 rings (SSSR count). The molecular formula is C14H25U-. The first kappa shape index (κ1) is 15.7. The van der Waals surface area contributed by atoms with Crippen LogP contribution in [0.2, 0.25) is 0 Å². The molecule has 1 aliphatic rings. The van der Waals surface area contributed by atoms with Gasteiger partial charge in [0.1, 0.15) is 0 Å². The maximum absolute atomic E-state index is 2.40. The van der Waals surface area contributed by atoms with Crippen molar-refractivity contribution in [2.24, 2.45) is 16.2 Å². The molecule has 1 heteroatoms. The Kier molecular flexibility index (Phi) is 4.34. The Morgan fingerprint density at radius 2 is 1.40 bits per heavy atom. The molecule has 1 aliphatic carbocycles. The van der Waals surface area contributed by atoms with Gasteiger partial charge in [-0.05, 0) is 5.41 Å². The van der Waals surface area contributed by atoms with Gasteiger partial charge < -0.3 is 0 Å². The zero-order valence-electron chi connectivity index (χ0n) is 11.6. The molecule has 0 aromatic rings. The van der Waals surface area contributed by atoms with Gasteiger partial charge in [-0.15, -0.1) is 13.8 Å². The first-order valence-electron chi connectivity index (χ1n) is 5.58. The zero-order chi connectivity index (χ0) is 11.4. The SMILES string of the molecule is CC1=C[C-](C)C(C)(C)C(C)(C)C1(C)C.[U]. The standard InChI is InChI=1S/C14H25.U/c1-10-9-11(2)13(5,6)14(7,8)12(10,3)4;/h9H,1-8H3;/q-1;. The Labute approximate surface area is 120 Å². The van der Waals surface area contributed by atoms with Crippen LogP contribution in [-0.4, -0.2) is 0 Å². The van der Waals surface area contributed by atoms with Gasteiger partial charge in [0.15, 0.2) is 0 Å². The quantitative estimate of drug-likeness (QED) is 0.491. The van der Waals surface area contributed by atoms with Crippen LogP contribution >= 0.6 is 0 Å². The fraction of sp³-hybridized carbons (Fsp3) is 0.786. The van der Waals surface area contributed by atoms with Crippen LogP contribution < -0.4 is 0 Å². The van der Waals surface area contributed by atoms with Crippen LogP contribution in [0.15, 0.2) is 11.6 Å². The van der Waals surface area contributed by atoms with E-state index in [2.05, 4.69) is 61.5 Å². The molecule has 0 atom stereocenters. The van der Waals surface area contributed by atoms with E-state index in [1.54, 1.807) is 0 Å². The van der Waals surface area contributed by atoms with E-state index >= 15 is 0 Å². The number of allylic oxidation sites excluding steroid dienone is 2. The molecule has 0 saturated heterocycles. The monoisotopic (exact) mass is 431 g/mol. The maximum atomic E-state index is 2.40.